The number of aromatic nitrogens is 2. The third-order valence-corrected chi connectivity index (χ3v) is 16.5. The van der Waals surface area contributed by atoms with Crippen LogP contribution in [0.4, 0.5) is 17.3 Å². The second kappa shape index (κ2) is 30.0. The first-order valence-electron chi connectivity index (χ1n) is 22.8. The summed E-state index contributed by atoms with van der Waals surface area (Å²) in [5.41, 5.74) is 3.83. The van der Waals surface area contributed by atoms with Gasteiger partial charge in [-0.1, -0.05) is 111 Å². The Bertz CT molecular complexity index is 2560. The summed E-state index contributed by atoms with van der Waals surface area (Å²) >= 11 is 9.53. The van der Waals surface area contributed by atoms with Crippen LogP contribution in [-0.4, -0.2) is 50.0 Å². The Labute approximate surface area is 444 Å². The van der Waals surface area contributed by atoms with E-state index in [1.54, 1.807) is 38.7 Å². The van der Waals surface area contributed by atoms with E-state index in [9.17, 15) is 17.3 Å². The van der Waals surface area contributed by atoms with Crippen LogP contribution in [-0.2, 0) is 27.2 Å². The molecule has 0 bridgehead atoms. The Morgan fingerprint density at radius 2 is 0.819 bits per heavy atom. The van der Waals surface area contributed by atoms with E-state index >= 15 is 0 Å². The van der Waals surface area contributed by atoms with E-state index in [1.165, 1.54) is 43.0 Å². The van der Waals surface area contributed by atoms with Crippen LogP contribution < -0.4 is 46.0 Å². The van der Waals surface area contributed by atoms with Crippen molar-refractivity contribution in [1.29, 1.82) is 0 Å². The third kappa shape index (κ3) is 16.9. The number of para-hydroxylation sites is 2. The Hall–Kier alpha value is -5.28. The molecule has 0 atom stereocenters. The minimum atomic E-state index is -6.00. The molecule has 0 fully saturated rings. The number of alkyl halides is 2. The molecule has 0 aliphatic carbocycles. The van der Waals surface area contributed by atoms with Gasteiger partial charge in [-0.2, -0.15) is 0 Å². The maximum atomic E-state index is 9.75. The molecule has 0 amide bonds. The number of hydrogen-bond donors (Lipinski definition) is 0. The second-order valence-electron chi connectivity index (χ2n) is 15.8. The summed E-state index contributed by atoms with van der Waals surface area (Å²) in [6.07, 6.45) is 3.38. The Balaban J connectivity index is 0.000000308. The van der Waals surface area contributed by atoms with Crippen LogP contribution in [0.15, 0.2) is 194 Å². The molecule has 380 valence electrons. The number of rotatable bonds is 11. The van der Waals surface area contributed by atoms with Crippen molar-refractivity contribution >= 4 is 78.1 Å². The summed E-state index contributed by atoms with van der Waals surface area (Å²) in [5.74, 6) is 3.59. The van der Waals surface area contributed by atoms with E-state index in [-0.39, 0.29) is 27.8 Å². The van der Waals surface area contributed by atoms with E-state index in [2.05, 4.69) is 182 Å². The number of benzene rings is 6. The molecule has 1 aliphatic heterocycles. The molecule has 0 spiro atoms. The first-order chi connectivity index (χ1) is 34.3. The fraction of sp³-hybridized carbons (Fsp3) is 0.179. The summed E-state index contributed by atoms with van der Waals surface area (Å²) in [6, 6.07) is 64.8. The number of halogens is 6. The Morgan fingerprint density at radius 1 is 0.514 bits per heavy atom. The predicted octanol–water partition coefficient (Wildman–Crippen LogP) is 13.0. The molecular weight excluding hydrogens is 1050 g/mol. The maximum absolute atomic E-state index is 9.75. The van der Waals surface area contributed by atoms with Gasteiger partial charge in [0.1, 0.15) is 59.2 Å². The van der Waals surface area contributed by atoms with Gasteiger partial charge < -0.3 is 36.2 Å². The summed E-state index contributed by atoms with van der Waals surface area (Å²) < 4.78 is 61.4. The van der Waals surface area contributed by atoms with E-state index in [0.717, 1.165) is 47.6 Å². The first kappa shape index (κ1) is 59.3. The molecule has 0 N–H and O–H groups in total. The minimum Gasteiger partial charge on any atom is -0.497 e. The largest absolute Gasteiger partial charge is 1.00 e. The topological polar surface area (TPSA) is 62.7 Å². The molecular formula is C56H58BCl2CuF4N2O4P2+2. The molecule has 9 rings (SSSR count). The van der Waals surface area contributed by atoms with Crippen LogP contribution in [0, 0.1) is 0 Å². The van der Waals surface area contributed by atoms with E-state index < -0.39 is 23.1 Å². The molecule has 8 aromatic rings. The van der Waals surface area contributed by atoms with Gasteiger partial charge in [-0.25, -0.2) is 0 Å². The minimum absolute atomic E-state index is 0. The first-order valence-corrected chi connectivity index (χ1v) is 26.8. The summed E-state index contributed by atoms with van der Waals surface area (Å²) in [7, 11) is -5.40. The van der Waals surface area contributed by atoms with Crippen molar-refractivity contribution < 1.29 is 53.3 Å². The quantitative estimate of drug-likeness (QED) is 0.0557. The number of nitrogens with zero attached hydrogens (tertiary/aromatic N) is 2. The molecule has 0 saturated carbocycles. The molecule has 6 aromatic carbocycles. The van der Waals surface area contributed by atoms with Crippen molar-refractivity contribution in [3.8, 4) is 34.4 Å². The molecule has 16 heteroatoms. The van der Waals surface area contributed by atoms with Crippen molar-refractivity contribution in [3.63, 3.8) is 0 Å². The van der Waals surface area contributed by atoms with Crippen molar-refractivity contribution in [2.24, 2.45) is 0 Å². The number of ether oxygens (including phenoxy) is 4. The Kier molecular flexibility index (Phi) is 24.7. The zero-order valence-corrected chi connectivity index (χ0v) is 45.2. The van der Waals surface area contributed by atoms with Gasteiger partial charge in [0.05, 0.1) is 30.9 Å². The third-order valence-electron chi connectivity index (χ3n) is 11.0. The van der Waals surface area contributed by atoms with E-state index in [0.29, 0.717) is 0 Å². The normalized spacial score (nSPS) is 11.6. The van der Waals surface area contributed by atoms with Gasteiger partial charge in [-0.15, -0.1) is 23.2 Å². The zero-order chi connectivity index (χ0) is 51.2. The van der Waals surface area contributed by atoms with Gasteiger partial charge >= 0.3 is 24.3 Å². The van der Waals surface area contributed by atoms with Crippen LogP contribution in [0.5, 0.6) is 23.0 Å². The summed E-state index contributed by atoms with van der Waals surface area (Å²) in [4.78, 5) is 8.47. The molecule has 0 radical (unpaired) electrons. The van der Waals surface area contributed by atoms with Crippen molar-refractivity contribution in [2.45, 2.75) is 33.1 Å². The average Bonchev–Trinajstić information content (AvgIpc) is 3.39. The molecule has 1 aliphatic rings. The van der Waals surface area contributed by atoms with Crippen LogP contribution in [0.2, 0.25) is 0 Å². The van der Waals surface area contributed by atoms with Crippen molar-refractivity contribution in [3.05, 3.63) is 206 Å². The number of pyridine rings is 2. The molecule has 0 saturated heterocycles. The Morgan fingerprint density at radius 3 is 1.08 bits per heavy atom. The predicted molar refractivity (Wildman–Crippen MR) is 295 cm³/mol. The van der Waals surface area contributed by atoms with Gasteiger partial charge in [0.15, 0.2) is 11.5 Å². The van der Waals surface area contributed by atoms with Crippen molar-refractivity contribution in [1.82, 2.24) is 9.97 Å². The number of fused-ring (bicyclic) bond motifs is 2. The van der Waals surface area contributed by atoms with Gasteiger partial charge in [-0.05, 0) is 86.6 Å². The van der Waals surface area contributed by atoms with Crippen LogP contribution >= 0.6 is 39.0 Å². The SMILES string of the molecule is CC1(C)c2cccc([PH+](c3ccccc3)c3ccccc3)c2Oc2c([PH+](c3ccccc3)c3ccccc3)cccc21.CCOCC.COc1ccnc(-c2cc(OC)ccn2)c1.ClCCl.F[B-](F)(F)F.[Cu+]. The second-order valence-corrected chi connectivity index (χ2v) is 21.5. The van der Waals surface area contributed by atoms with E-state index in [4.69, 9.17) is 42.1 Å². The monoisotopic (exact) mass is 1100 g/mol. The zero-order valence-electron chi connectivity index (χ0n) is 40.8. The summed E-state index contributed by atoms with van der Waals surface area (Å²) in [5, 5.41) is 8.25. The summed E-state index contributed by atoms with van der Waals surface area (Å²) in [6.45, 7) is 10.4. The standard InChI is InChI=1S/C39H32OP2.C12H12N2O2.C4H10O.CH2Cl2.BF4.Cu/c1-39(2)33-25-15-27-35(41(29-17-7-3-8-18-29)30-19-9-4-10-20-30)37(33)40-38-34(39)26-16-28-36(38)42(31-21-11-5-12-22-31)32-23-13-6-14-24-32;1-15-9-3-5-13-11(7-9)12-8-10(16-2)4-6-14-12;1-3-5-4-2;2-1-3;2-1(3,4)5;/h3-28H,1-2H3;3-8H,1-2H3;3-4H2,1-2H3;1H2;;/q;;;;-1;+1/p+2. The fourth-order valence-corrected chi connectivity index (χ4v) is 13.2. The van der Waals surface area contributed by atoms with Gasteiger partial charge in [0, 0.05) is 54.3 Å². The maximum Gasteiger partial charge on any atom is 1.00 e. The molecule has 0 unspecified atom stereocenters. The van der Waals surface area contributed by atoms with Gasteiger partial charge in [-0.3, -0.25) is 9.97 Å². The van der Waals surface area contributed by atoms with E-state index in [1.807, 2.05) is 26.0 Å². The molecule has 72 heavy (non-hydrogen) atoms. The van der Waals surface area contributed by atoms with Gasteiger partial charge in [0.25, 0.3) is 0 Å². The van der Waals surface area contributed by atoms with Crippen LogP contribution in [0.3, 0.4) is 0 Å². The number of hydrogen-bond acceptors (Lipinski definition) is 6. The molecule has 3 heterocycles. The fourth-order valence-electron chi connectivity index (χ4n) is 7.85. The van der Waals surface area contributed by atoms with Crippen LogP contribution in [0.25, 0.3) is 11.4 Å². The van der Waals surface area contributed by atoms with Gasteiger partial charge in [0.2, 0.25) is 0 Å². The molecule has 6 nitrogen and oxygen atoms in total. The van der Waals surface area contributed by atoms with Crippen LogP contribution in [0.1, 0.15) is 38.8 Å². The molecule has 2 aromatic heterocycles. The average molecular weight is 1110 g/mol. The number of methoxy groups -OCH3 is 2. The van der Waals surface area contributed by atoms with Crippen molar-refractivity contribution in [2.75, 3.05) is 32.8 Å². The smallest absolute Gasteiger partial charge is 0.497 e.